The number of hydrogen-bond acceptors (Lipinski definition) is 6. The van der Waals surface area contributed by atoms with E-state index in [4.69, 9.17) is 9.26 Å². The Morgan fingerprint density at radius 2 is 1.81 bits per heavy atom. The first kappa shape index (κ1) is 18.4. The van der Waals surface area contributed by atoms with E-state index in [2.05, 4.69) is 10.1 Å². The van der Waals surface area contributed by atoms with Crippen LogP contribution in [0.1, 0.15) is 29.1 Å². The van der Waals surface area contributed by atoms with Gasteiger partial charge in [0.05, 0.1) is 12.0 Å². The highest BCUT2D eigenvalue weighted by molar-refractivity contribution is 5.97. The molecule has 3 aromatic rings. The van der Waals surface area contributed by atoms with Gasteiger partial charge in [0, 0.05) is 18.1 Å². The molecule has 0 N–H and O–H groups in total. The molecular weight excluding hydrogens is 358 g/mol. The van der Waals surface area contributed by atoms with Gasteiger partial charge in [-0.1, -0.05) is 35.5 Å². The third-order valence-electron chi connectivity index (χ3n) is 3.64. The summed E-state index contributed by atoms with van der Waals surface area (Å²) in [4.78, 5) is 27.8. The van der Waals surface area contributed by atoms with E-state index in [0.717, 1.165) is 17.7 Å². The number of esters is 1. The molecule has 0 atom stereocenters. The highest BCUT2D eigenvalue weighted by Gasteiger charge is 2.16. The topological polar surface area (TPSA) is 82.3 Å². The predicted octanol–water partition coefficient (Wildman–Crippen LogP) is 3.72. The molecule has 0 radical (unpaired) electrons. The minimum Gasteiger partial charge on any atom is -0.456 e. The van der Waals surface area contributed by atoms with Gasteiger partial charge in [0.15, 0.2) is 12.4 Å². The van der Waals surface area contributed by atoms with E-state index in [9.17, 15) is 18.4 Å². The lowest BCUT2D eigenvalue weighted by Gasteiger charge is -2.03. The van der Waals surface area contributed by atoms with Gasteiger partial charge in [-0.15, -0.1) is 0 Å². The summed E-state index contributed by atoms with van der Waals surface area (Å²) in [5.74, 6) is -2.56. The van der Waals surface area contributed by atoms with Gasteiger partial charge in [-0.25, -0.2) is 8.78 Å². The molecule has 0 amide bonds. The fourth-order valence-electron chi connectivity index (χ4n) is 2.30. The number of rotatable bonds is 7. The molecule has 1 aromatic heterocycles. The van der Waals surface area contributed by atoms with Crippen LogP contribution in [-0.4, -0.2) is 21.9 Å². The van der Waals surface area contributed by atoms with Crippen LogP contribution in [0.2, 0.25) is 0 Å². The molecule has 0 saturated carbocycles. The van der Waals surface area contributed by atoms with Crippen LogP contribution in [0.15, 0.2) is 53.1 Å². The Morgan fingerprint density at radius 1 is 1.04 bits per heavy atom. The molecule has 1 heterocycles. The average Bonchev–Trinajstić information content (AvgIpc) is 3.14. The van der Waals surface area contributed by atoms with E-state index >= 15 is 0 Å². The van der Waals surface area contributed by atoms with Gasteiger partial charge >= 0.3 is 5.97 Å². The maximum Gasteiger partial charge on any atom is 0.306 e. The summed E-state index contributed by atoms with van der Waals surface area (Å²) >= 11 is 0. The van der Waals surface area contributed by atoms with E-state index in [1.807, 2.05) is 18.2 Å². The van der Waals surface area contributed by atoms with Crippen molar-refractivity contribution in [2.45, 2.75) is 19.4 Å². The number of hydrogen-bond donors (Lipinski definition) is 0. The molecule has 8 heteroatoms. The lowest BCUT2D eigenvalue weighted by Crippen LogP contribution is -2.09. The van der Waals surface area contributed by atoms with E-state index in [-0.39, 0.29) is 30.9 Å². The predicted molar refractivity (Wildman–Crippen MR) is 89.5 cm³/mol. The van der Waals surface area contributed by atoms with Gasteiger partial charge in [0.1, 0.15) is 11.6 Å². The number of halogens is 2. The zero-order valence-corrected chi connectivity index (χ0v) is 14.0. The fourth-order valence-corrected chi connectivity index (χ4v) is 2.30. The fraction of sp³-hybridized carbons (Fsp3) is 0.158. The Bertz CT molecular complexity index is 957. The molecule has 0 bridgehead atoms. The van der Waals surface area contributed by atoms with Crippen LogP contribution in [0.5, 0.6) is 0 Å². The Morgan fingerprint density at radius 3 is 2.56 bits per heavy atom. The molecule has 0 aliphatic heterocycles. The Balaban J connectivity index is 1.49. The largest absolute Gasteiger partial charge is 0.456 e. The van der Waals surface area contributed by atoms with Crippen LogP contribution < -0.4 is 0 Å². The summed E-state index contributed by atoms with van der Waals surface area (Å²) in [6.45, 7) is -0.238. The van der Waals surface area contributed by atoms with Crippen LogP contribution in [0.4, 0.5) is 8.78 Å². The zero-order chi connectivity index (χ0) is 19.2. The van der Waals surface area contributed by atoms with Crippen molar-refractivity contribution in [3.8, 4) is 11.4 Å². The Hall–Kier alpha value is -3.42. The second-order valence-corrected chi connectivity index (χ2v) is 5.59. The molecule has 6 nitrogen and oxygen atoms in total. The Labute approximate surface area is 152 Å². The molecule has 138 valence electrons. The number of Topliss-reactive ketones (excluding diaryl/α,β-unsaturated/α-hetero) is 1. The van der Waals surface area contributed by atoms with Crippen molar-refractivity contribution in [2.75, 3.05) is 0 Å². The molecule has 0 saturated heterocycles. The second-order valence-electron chi connectivity index (χ2n) is 5.59. The minimum atomic E-state index is -0.965. The lowest BCUT2D eigenvalue weighted by molar-refractivity contribution is -0.145. The number of nitrogens with zero attached hydrogens (tertiary/aromatic N) is 2. The summed E-state index contributed by atoms with van der Waals surface area (Å²) in [7, 11) is 0. The van der Waals surface area contributed by atoms with Crippen LogP contribution >= 0.6 is 0 Å². The highest BCUT2D eigenvalue weighted by Crippen LogP contribution is 2.16. The van der Waals surface area contributed by atoms with Gasteiger partial charge < -0.3 is 9.26 Å². The average molecular weight is 372 g/mol. The van der Waals surface area contributed by atoms with Gasteiger partial charge in [0.25, 0.3) is 5.89 Å². The molecule has 3 rings (SSSR count). The first-order valence-electron chi connectivity index (χ1n) is 8.05. The van der Waals surface area contributed by atoms with Crippen molar-refractivity contribution >= 4 is 11.8 Å². The quantitative estimate of drug-likeness (QED) is 0.464. The first-order valence-corrected chi connectivity index (χ1v) is 8.05. The molecule has 0 aliphatic rings. The van der Waals surface area contributed by atoms with Crippen molar-refractivity contribution < 1.29 is 27.6 Å². The van der Waals surface area contributed by atoms with Crippen LogP contribution in [0.3, 0.4) is 0 Å². The third kappa shape index (κ3) is 4.81. The number of ketones is 1. The smallest absolute Gasteiger partial charge is 0.306 e. The van der Waals surface area contributed by atoms with E-state index in [1.165, 1.54) is 0 Å². The standard InChI is InChI=1S/C19H14F2N2O4/c20-13-6-7-14(15(21)10-13)16(24)8-9-18(25)26-11-17-22-19(23-27-17)12-4-2-1-3-5-12/h1-7,10H,8-9,11H2. The van der Waals surface area contributed by atoms with Gasteiger partial charge in [0.2, 0.25) is 5.82 Å². The van der Waals surface area contributed by atoms with Crippen molar-refractivity contribution in [1.29, 1.82) is 0 Å². The number of carbonyl (C=O) groups is 2. The van der Waals surface area contributed by atoms with E-state index in [0.29, 0.717) is 11.9 Å². The normalized spacial score (nSPS) is 10.6. The van der Waals surface area contributed by atoms with Crippen molar-refractivity contribution in [2.24, 2.45) is 0 Å². The van der Waals surface area contributed by atoms with E-state index < -0.39 is 23.4 Å². The summed E-state index contributed by atoms with van der Waals surface area (Å²) in [6.07, 6.45) is -0.518. The van der Waals surface area contributed by atoms with Crippen LogP contribution in [0, 0.1) is 11.6 Å². The number of carbonyl (C=O) groups excluding carboxylic acids is 2. The molecular formula is C19H14F2N2O4. The van der Waals surface area contributed by atoms with Crippen molar-refractivity contribution in [3.63, 3.8) is 0 Å². The third-order valence-corrected chi connectivity index (χ3v) is 3.64. The van der Waals surface area contributed by atoms with Gasteiger partial charge in [-0.05, 0) is 12.1 Å². The highest BCUT2D eigenvalue weighted by atomic mass is 19.1. The van der Waals surface area contributed by atoms with E-state index in [1.54, 1.807) is 12.1 Å². The van der Waals surface area contributed by atoms with Gasteiger partial charge in [-0.3, -0.25) is 9.59 Å². The molecule has 0 spiro atoms. The lowest BCUT2D eigenvalue weighted by atomic mass is 10.1. The summed E-state index contributed by atoms with van der Waals surface area (Å²) in [6, 6.07) is 11.8. The van der Waals surface area contributed by atoms with Crippen LogP contribution in [-0.2, 0) is 16.1 Å². The summed E-state index contributed by atoms with van der Waals surface area (Å²) in [5, 5.41) is 3.79. The maximum absolute atomic E-state index is 13.5. The first-order chi connectivity index (χ1) is 13.0. The SMILES string of the molecule is O=C(CCC(=O)c1ccc(F)cc1F)OCc1nc(-c2ccccc2)no1. The molecule has 0 aliphatic carbocycles. The number of ether oxygens (including phenoxy) is 1. The monoisotopic (exact) mass is 372 g/mol. The van der Waals surface area contributed by atoms with Gasteiger partial charge in [-0.2, -0.15) is 4.98 Å². The van der Waals surface area contributed by atoms with Crippen molar-refractivity contribution in [3.05, 3.63) is 71.6 Å². The molecule has 0 unspecified atom stereocenters. The van der Waals surface area contributed by atoms with Crippen molar-refractivity contribution in [1.82, 2.24) is 10.1 Å². The number of benzene rings is 2. The molecule has 0 fully saturated rings. The molecule has 2 aromatic carbocycles. The molecule has 27 heavy (non-hydrogen) atoms. The maximum atomic E-state index is 13.5. The Kier molecular flexibility index (Phi) is 5.65. The summed E-state index contributed by atoms with van der Waals surface area (Å²) in [5.41, 5.74) is 0.486. The minimum absolute atomic E-state index is 0.109. The number of aromatic nitrogens is 2. The summed E-state index contributed by atoms with van der Waals surface area (Å²) < 4.78 is 36.4. The van der Waals surface area contributed by atoms with Crippen LogP contribution in [0.25, 0.3) is 11.4 Å². The zero-order valence-electron chi connectivity index (χ0n) is 14.0. The second kappa shape index (κ2) is 8.31.